The smallest absolute Gasteiger partial charge is 0.191 e. The Kier molecular flexibility index (Phi) is 6.34. The molecule has 0 saturated carbocycles. The normalized spacial score (nSPS) is 11.6. The Bertz CT molecular complexity index is 951. The molecule has 3 aromatic rings. The van der Waals surface area contributed by atoms with E-state index < -0.39 is 0 Å². The van der Waals surface area contributed by atoms with Crippen LogP contribution < -0.4 is 15.4 Å². The summed E-state index contributed by atoms with van der Waals surface area (Å²) in [5, 5.41) is 6.65. The van der Waals surface area contributed by atoms with Crippen LogP contribution in [-0.4, -0.2) is 36.0 Å². The Morgan fingerprint density at radius 1 is 1.22 bits per heavy atom. The number of nitrogens with one attached hydrogen (secondary N) is 2. The average Bonchev–Trinajstić information content (AvgIpc) is 3.06. The summed E-state index contributed by atoms with van der Waals surface area (Å²) in [5.74, 6) is 1.67. The number of fused-ring (bicyclic) bond motifs is 1. The van der Waals surface area contributed by atoms with Gasteiger partial charge in [0.25, 0.3) is 0 Å². The van der Waals surface area contributed by atoms with Gasteiger partial charge in [0.2, 0.25) is 0 Å². The van der Waals surface area contributed by atoms with E-state index in [-0.39, 0.29) is 0 Å². The van der Waals surface area contributed by atoms with Crippen LogP contribution in [0.5, 0.6) is 5.75 Å². The van der Waals surface area contributed by atoms with E-state index in [0.29, 0.717) is 6.54 Å². The van der Waals surface area contributed by atoms with Gasteiger partial charge in [-0.25, -0.2) is 4.98 Å². The average molecular weight is 430 g/mol. The Hall–Kier alpha value is -2.54. The molecule has 0 radical (unpaired) electrons. The number of aliphatic imine (C=N–C) groups is 1. The van der Waals surface area contributed by atoms with E-state index in [9.17, 15) is 0 Å². The number of benzene rings is 1. The summed E-state index contributed by atoms with van der Waals surface area (Å²) in [5.41, 5.74) is 4.29. The highest BCUT2D eigenvalue weighted by atomic mass is 79.9. The highest BCUT2D eigenvalue weighted by Gasteiger charge is 2.06. The summed E-state index contributed by atoms with van der Waals surface area (Å²) in [7, 11) is 3.47. The number of imidazole rings is 1. The van der Waals surface area contributed by atoms with Crippen LogP contribution in [-0.2, 0) is 13.0 Å². The van der Waals surface area contributed by atoms with Gasteiger partial charge in [0.05, 0.1) is 19.3 Å². The van der Waals surface area contributed by atoms with Crippen molar-refractivity contribution in [1.82, 2.24) is 20.0 Å². The lowest BCUT2D eigenvalue weighted by Gasteiger charge is -2.13. The molecular formula is C20H24BrN5O. The molecule has 2 N–H and O–H groups in total. The predicted molar refractivity (Wildman–Crippen MR) is 113 cm³/mol. The third-order valence-corrected chi connectivity index (χ3v) is 4.72. The Balaban J connectivity index is 1.54. The third kappa shape index (κ3) is 5.01. The Labute approximate surface area is 167 Å². The maximum absolute atomic E-state index is 5.44. The first-order chi connectivity index (χ1) is 13.1. The molecule has 0 unspecified atom stereocenters. The Morgan fingerprint density at radius 3 is 2.85 bits per heavy atom. The fourth-order valence-corrected chi connectivity index (χ4v) is 3.27. The summed E-state index contributed by atoms with van der Waals surface area (Å²) in [6, 6.07) is 10.2. The van der Waals surface area contributed by atoms with Crippen LogP contribution in [0.15, 0.2) is 52.2 Å². The third-order valence-electron chi connectivity index (χ3n) is 4.25. The molecule has 27 heavy (non-hydrogen) atoms. The van der Waals surface area contributed by atoms with Crippen LogP contribution in [0.25, 0.3) is 5.65 Å². The van der Waals surface area contributed by atoms with Crippen molar-refractivity contribution >= 4 is 27.5 Å². The first-order valence-electron chi connectivity index (χ1n) is 8.80. The van der Waals surface area contributed by atoms with E-state index in [4.69, 9.17) is 4.74 Å². The molecular weight excluding hydrogens is 406 g/mol. The first-order valence-corrected chi connectivity index (χ1v) is 9.59. The molecule has 2 aromatic heterocycles. The lowest BCUT2D eigenvalue weighted by atomic mass is 10.1. The van der Waals surface area contributed by atoms with E-state index in [2.05, 4.69) is 55.6 Å². The zero-order chi connectivity index (χ0) is 19.2. The van der Waals surface area contributed by atoms with Crippen molar-refractivity contribution in [3.63, 3.8) is 0 Å². The number of hydrogen-bond donors (Lipinski definition) is 2. The van der Waals surface area contributed by atoms with Gasteiger partial charge < -0.3 is 19.8 Å². The second-order valence-corrected chi connectivity index (χ2v) is 7.18. The van der Waals surface area contributed by atoms with Gasteiger partial charge in [0.1, 0.15) is 11.4 Å². The molecule has 0 aliphatic carbocycles. The van der Waals surface area contributed by atoms with Crippen LogP contribution in [0.1, 0.15) is 16.8 Å². The second kappa shape index (κ2) is 8.90. The highest BCUT2D eigenvalue weighted by Crippen LogP contribution is 2.19. The summed E-state index contributed by atoms with van der Waals surface area (Å²) in [6.07, 6.45) is 4.86. The molecule has 142 valence electrons. The monoisotopic (exact) mass is 429 g/mol. The number of halogens is 1. The molecule has 6 nitrogen and oxygen atoms in total. The summed E-state index contributed by atoms with van der Waals surface area (Å²) < 4.78 is 8.46. The number of methoxy groups -OCH3 is 1. The minimum atomic E-state index is 0.604. The zero-order valence-electron chi connectivity index (χ0n) is 15.8. The molecule has 7 heteroatoms. The molecule has 3 rings (SSSR count). The number of hydrogen-bond acceptors (Lipinski definition) is 3. The van der Waals surface area contributed by atoms with Gasteiger partial charge >= 0.3 is 0 Å². The van der Waals surface area contributed by atoms with Crippen LogP contribution in [0, 0.1) is 6.92 Å². The molecule has 0 aliphatic heterocycles. The molecule has 0 saturated heterocycles. The van der Waals surface area contributed by atoms with Gasteiger partial charge in [0, 0.05) is 30.5 Å². The zero-order valence-corrected chi connectivity index (χ0v) is 17.4. The van der Waals surface area contributed by atoms with E-state index in [0.717, 1.165) is 40.5 Å². The van der Waals surface area contributed by atoms with Crippen molar-refractivity contribution in [2.45, 2.75) is 19.9 Å². The molecule has 0 fully saturated rings. The van der Waals surface area contributed by atoms with Crippen molar-refractivity contribution < 1.29 is 4.74 Å². The minimum Gasteiger partial charge on any atom is -0.496 e. The maximum atomic E-state index is 5.44. The number of guanidine groups is 1. The number of nitrogens with zero attached hydrogens (tertiary/aromatic N) is 3. The quantitative estimate of drug-likeness (QED) is 0.465. The van der Waals surface area contributed by atoms with Crippen molar-refractivity contribution in [2.24, 2.45) is 4.99 Å². The Morgan fingerprint density at radius 2 is 2.07 bits per heavy atom. The van der Waals surface area contributed by atoms with E-state index in [1.54, 1.807) is 14.2 Å². The molecule has 0 spiro atoms. The maximum Gasteiger partial charge on any atom is 0.191 e. The number of rotatable bonds is 6. The van der Waals surface area contributed by atoms with Crippen molar-refractivity contribution in [1.29, 1.82) is 0 Å². The molecule has 0 amide bonds. The SMILES string of the molecule is CN=C(NCCc1cc(C)ccc1OC)NCc1cn2cc(Br)ccc2n1. The van der Waals surface area contributed by atoms with Crippen molar-refractivity contribution in [2.75, 3.05) is 20.7 Å². The first kappa shape index (κ1) is 19.2. The molecule has 0 aliphatic rings. The van der Waals surface area contributed by atoms with Crippen molar-refractivity contribution in [3.05, 3.63) is 64.0 Å². The number of aromatic nitrogens is 2. The summed E-state index contributed by atoms with van der Waals surface area (Å²) >= 11 is 3.48. The predicted octanol–water partition coefficient (Wildman–Crippen LogP) is 3.32. The van der Waals surface area contributed by atoms with Crippen LogP contribution >= 0.6 is 15.9 Å². The van der Waals surface area contributed by atoms with Crippen molar-refractivity contribution in [3.8, 4) is 5.75 Å². The van der Waals surface area contributed by atoms with Crippen LogP contribution in [0.3, 0.4) is 0 Å². The van der Waals surface area contributed by atoms with Crippen LogP contribution in [0.2, 0.25) is 0 Å². The van der Waals surface area contributed by atoms with E-state index in [1.807, 2.05) is 35.0 Å². The van der Waals surface area contributed by atoms with Gasteiger partial charge in [-0.3, -0.25) is 4.99 Å². The topological polar surface area (TPSA) is 63.0 Å². The van der Waals surface area contributed by atoms with Gasteiger partial charge in [-0.05, 0) is 53.0 Å². The lowest BCUT2D eigenvalue weighted by Crippen LogP contribution is -2.38. The van der Waals surface area contributed by atoms with Gasteiger partial charge in [-0.1, -0.05) is 17.7 Å². The van der Waals surface area contributed by atoms with Gasteiger partial charge in [0.15, 0.2) is 5.96 Å². The lowest BCUT2D eigenvalue weighted by molar-refractivity contribution is 0.409. The summed E-state index contributed by atoms with van der Waals surface area (Å²) in [6.45, 7) is 3.45. The van der Waals surface area contributed by atoms with E-state index in [1.165, 1.54) is 11.1 Å². The minimum absolute atomic E-state index is 0.604. The summed E-state index contributed by atoms with van der Waals surface area (Å²) in [4.78, 5) is 8.88. The largest absolute Gasteiger partial charge is 0.496 e. The fourth-order valence-electron chi connectivity index (χ4n) is 2.92. The molecule has 1 aromatic carbocycles. The van der Waals surface area contributed by atoms with Gasteiger partial charge in [-0.15, -0.1) is 0 Å². The van der Waals surface area contributed by atoms with E-state index >= 15 is 0 Å². The number of pyridine rings is 1. The number of ether oxygens (including phenoxy) is 1. The number of aryl methyl sites for hydroxylation is 1. The highest BCUT2D eigenvalue weighted by molar-refractivity contribution is 9.10. The molecule has 0 bridgehead atoms. The van der Waals surface area contributed by atoms with Gasteiger partial charge in [-0.2, -0.15) is 0 Å². The standard InChI is InChI=1S/C20H24BrN5O/c1-14-4-6-18(27-3)15(10-14)8-9-23-20(22-2)24-11-17-13-26-12-16(21)5-7-19(26)25-17/h4-7,10,12-13H,8-9,11H2,1-3H3,(H2,22,23,24). The van der Waals surface area contributed by atoms with Crippen LogP contribution in [0.4, 0.5) is 0 Å². The second-order valence-electron chi connectivity index (χ2n) is 6.26. The fraction of sp³-hybridized carbons (Fsp3) is 0.300. The molecule has 0 atom stereocenters. The molecule has 2 heterocycles.